The van der Waals surface area contributed by atoms with Gasteiger partial charge in [0.2, 0.25) is 35.4 Å². The van der Waals surface area contributed by atoms with Gasteiger partial charge in [0.1, 0.15) is 24.7 Å². The first kappa shape index (κ1) is 30.7. The van der Waals surface area contributed by atoms with Crippen molar-refractivity contribution in [3.8, 4) is 0 Å². The topological polar surface area (TPSA) is 303 Å². The van der Waals surface area contributed by atoms with E-state index in [1.165, 1.54) is 0 Å². The number of hydrogen-bond acceptors (Lipinski definition) is 9. The van der Waals surface area contributed by atoms with Crippen LogP contribution >= 0.6 is 0 Å². The van der Waals surface area contributed by atoms with Gasteiger partial charge in [0, 0.05) is 12.8 Å². The molecule has 35 heavy (non-hydrogen) atoms. The molecular weight excluding hydrogens is 474 g/mol. The second-order valence-electron chi connectivity index (χ2n) is 7.17. The van der Waals surface area contributed by atoms with Crippen molar-refractivity contribution >= 4 is 47.4 Å². The van der Waals surface area contributed by atoms with E-state index in [1.807, 2.05) is 5.32 Å². The summed E-state index contributed by atoms with van der Waals surface area (Å²) in [5.74, 6) is -8.47. The van der Waals surface area contributed by atoms with Crippen molar-refractivity contribution in [2.45, 2.75) is 50.2 Å². The van der Waals surface area contributed by atoms with Gasteiger partial charge in [0.15, 0.2) is 0 Å². The summed E-state index contributed by atoms with van der Waals surface area (Å²) in [4.78, 5) is 93.2. The number of rotatable bonds is 17. The average Bonchev–Trinajstić information content (AvgIpc) is 2.75. The van der Waals surface area contributed by atoms with Crippen molar-refractivity contribution in [3.05, 3.63) is 0 Å². The summed E-state index contributed by atoms with van der Waals surface area (Å²) in [6, 6.07) is -4.58. The monoisotopic (exact) mass is 503 g/mol. The number of carboxylic acid groups (broad SMARTS) is 2. The summed E-state index contributed by atoms with van der Waals surface area (Å²) >= 11 is 0. The number of carboxylic acids is 2. The molecule has 17 nitrogen and oxygen atoms in total. The Morgan fingerprint density at radius 2 is 1.17 bits per heavy atom. The van der Waals surface area contributed by atoms with Gasteiger partial charge in [-0.05, 0) is 12.8 Å². The number of amides is 6. The molecule has 0 rings (SSSR count). The van der Waals surface area contributed by atoms with Gasteiger partial charge in [-0.15, -0.1) is 0 Å². The zero-order chi connectivity index (χ0) is 27.1. The van der Waals surface area contributed by atoms with Crippen molar-refractivity contribution in [1.82, 2.24) is 21.3 Å². The summed E-state index contributed by atoms with van der Waals surface area (Å²) in [6.07, 6.45) is -2.38. The maximum absolute atomic E-state index is 12.7. The van der Waals surface area contributed by atoms with Gasteiger partial charge in [-0.3, -0.25) is 38.4 Å². The highest BCUT2D eigenvalue weighted by molar-refractivity contribution is 5.97. The molecule has 0 bridgehead atoms. The first-order chi connectivity index (χ1) is 16.3. The van der Waals surface area contributed by atoms with E-state index in [9.17, 15) is 38.4 Å². The highest BCUT2D eigenvalue weighted by atomic mass is 16.4. The molecule has 0 aromatic carbocycles. The van der Waals surface area contributed by atoms with Crippen molar-refractivity contribution in [3.63, 3.8) is 0 Å². The summed E-state index contributed by atoms with van der Waals surface area (Å²) in [7, 11) is 0. The number of carbonyl (C=O) groups is 8. The normalized spacial score (nSPS) is 12.8. The zero-order valence-corrected chi connectivity index (χ0v) is 18.6. The van der Waals surface area contributed by atoms with Crippen LogP contribution in [0.4, 0.5) is 0 Å². The molecule has 196 valence electrons. The van der Waals surface area contributed by atoms with Crippen LogP contribution in [0.15, 0.2) is 0 Å². The van der Waals surface area contributed by atoms with E-state index < -0.39 is 97.9 Å². The van der Waals surface area contributed by atoms with Crippen molar-refractivity contribution in [1.29, 1.82) is 0 Å². The molecule has 0 radical (unpaired) electrons. The lowest BCUT2D eigenvalue weighted by molar-refractivity contribution is -0.140. The number of hydrogen-bond donors (Lipinski definition) is 9. The third-order valence-electron chi connectivity index (χ3n) is 4.25. The molecule has 0 heterocycles. The molecule has 0 saturated heterocycles. The van der Waals surface area contributed by atoms with Crippen LogP contribution in [0.3, 0.4) is 0 Å². The van der Waals surface area contributed by atoms with Gasteiger partial charge in [0.25, 0.3) is 0 Å². The third-order valence-corrected chi connectivity index (χ3v) is 4.25. The van der Waals surface area contributed by atoms with E-state index in [2.05, 4.69) is 16.0 Å². The standard InChI is InChI=1S/C18H29N7O10/c19-6-13(28)23-9(1-3-11(20)26)17(34)25-10(5-12(21)27)18(35)24-8(2-4-14(29)30)16(33)22-7-15(31)32/h8-10H,1-7,19H2,(H2,20,26)(H2,21,27)(H,22,33)(H,23,28)(H,24,35)(H,25,34)(H,29,30)(H,31,32)/t8-,9-,10-/m0/s1. The fourth-order valence-corrected chi connectivity index (χ4v) is 2.59. The lowest BCUT2D eigenvalue weighted by Gasteiger charge is -2.24. The summed E-state index contributed by atoms with van der Waals surface area (Å²) in [6.45, 7) is -1.32. The molecule has 17 heteroatoms. The predicted molar refractivity (Wildman–Crippen MR) is 115 cm³/mol. The molecule has 0 aliphatic heterocycles. The number of nitrogens with one attached hydrogen (secondary N) is 4. The quantitative estimate of drug-likeness (QED) is 0.0901. The van der Waals surface area contributed by atoms with Crippen LogP contribution in [0.25, 0.3) is 0 Å². The Hall–Kier alpha value is -4.28. The van der Waals surface area contributed by atoms with Gasteiger partial charge in [0.05, 0.1) is 13.0 Å². The predicted octanol–water partition coefficient (Wildman–Crippen LogP) is -5.39. The summed E-state index contributed by atoms with van der Waals surface area (Å²) in [5, 5.41) is 26.0. The number of aliphatic carboxylic acids is 2. The van der Waals surface area contributed by atoms with Crippen LogP contribution in [0, 0.1) is 0 Å². The Labute approximate surface area is 198 Å². The smallest absolute Gasteiger partial charge is 0.322 e. The lowest BCUT2D eigenvalue weighted by Crippen LogP contribution is -2.58. The van der Waals surface area contributed by atoms with Crippen LogP contribution in [0.1, 0.15) is 32.1 Å². The number of nitrogens with two attached hydrogens (primary N) is 3. The van der Waals surface area contributed by atoms with Crippen LogP contribution < -0.4 is 38.5 Å². The Morgan fingerprint density at radius 1 is 0.657 bits per heavy atom. The highest BCUT2D eigenvalue weighted by Crippen LogP contribution is 2.04. The van der Waals surface area contributed by atoms with E-state index >= 15 is 0 Å². The molecule has 0 saturated carbocycles. The maximum atomic E-state index is 12.7. The average molecular weight is 503 g/mol. The molecule has 0 aromatic rings. The Balaban J connectivity index is 5.62. The molecule has 0 aliphatic carbocycles. The summed E-state index contributed by atoms with van der Waals surface area (Å²) in [5.41, 5.74) is 15.4. The van der Waals surface area contributed by atoms with E-state index in [-0.39, 0.29) is 12.8 Å². The molecular formula is C18H29N7O10. The van der Waals surface area contributed by atoms with Gasteiger partial charge < -0.3 is 48.7 Å². The van der Waals surface area contributed by atoms with E-state index in [1.54, 1.807) is 0 Å². The fourth-order valence-electron chi connectivity index (χ4n) is 2.59. The second-order valence-corrected chi connectivity index (χ2v) is 7.17. The van der Waals surface area contributed by atoms with Crippen LogP contribution in [0.2, 0.25) is 0 Å². The molecule has 0 aromatic heterocycles. The minimum atomic E-state index is -1.68. The Bertz CT molecular complexity index is 847. The van der Waals surface area contributed by atoms with Crippen molar-refractivity contribution < 1.29 is 48.6 Å². The second kappa shape index (κ2) is 15.5. The van der Waals surface area contributed by atoms with E-state index in [0.29, 0.717) is 0 Å². The molecule has 6 amide bonds. The zero-order valence-electron chi connectivity index (χ0n) is 18.6. The molecule has 0 unspecified atom stereocenters. The molecule has 3 atom stereocenters. The minimum Gasteiger partial charge on any atom is -0.481 e. The molecule has 0 fully saturated rings. The maximum Gasteiger partial charge on any atom is 0.322 e. The first-order valence-corrected chi connectivity index (χ1v) is 10.1. The van der Waals surface area contributed by atoms with Crippen molar-refractivity contribution in [2.75, 3.05) is 13.1 Å². The van der Waals surface area contributed by atoms with Gasteiger partial charge in [-0.25, -0.2) is 0 Å². The largest absolute Gasteiger partial charge is 0.481 e. The minimum absolute atomic E-state index is 0.267. The molecule has 12 N–H and O–H groups in total. The van der Waals surface area contributed by atoms with Crippen LogP contribution in [0.5, 0.6) is 0 Å². The van der Waals surface area contributed by atoms with E-state index in [0.717, 1.165) is 0 Å². The highest BCUT2D eigenvalue weighted by Gasteiger charge is 2.31. The van der Waals surface area contributed by atoms with Gasteiger partial charge in [-0.1, -0.05) is 0 Å². The Morgan fingerprint density at radius 3 is 1.66 bits per heavy atom. The Kier molecular flexibility index (Phi) is 13.6. The van der Waals surface area contributed by atoms with Gasteiger partial charge >= 0.3 is 11.9 Å². The molecule has 0 aliphatic rings. The first-order valence-electron chi connectivity index (χ1n) is 10.1. The van der Waals surface area contributed by atoms with Gasteiger partial charge in [-0.2, -0.15) is 0 Å². The molecule has 0 spiro atoms. The van der Waals surface area contributed by atoms with Crippen LogP contribution in [-0.2, 0) is 38.4 Å². The fraction of sp³-hybridized carbons (Fsp3) is 0.556. The van der Waals surface area contributed by atoms with Crippen molar-refractivity contribution in [2.24, 2.45) is 17.2 Å². The summed E-state index contributed by atoms with van der Waals surface area (Å²) < 4.78 is 0. The SMILES string of the molecule is NCC(=O)N[C@@H](CCC(N)=O)C(=O)N[C@@H](CC(N)=O)C(=O)N[C@@H](CCC(=O)O)C(=O)NCC(=O)O. The lowest BCUT2D eigenvalue weighted by atomic mass is 10.1. The number of primary amides is 2. The van der Waals surface area contributed by atoms with Crippen LogP contribution in [-0.4, -0.2) is 88.8 Å². The third kappa shape index (κ3) is 13.8. The van der Waals surface area contributed by atoms with E-state index in [4.69, 9.17) is 27.4 Å². The number of carbonyl (C=O) groups excluding carboxylic acids is 6.